The van der Waals surface area contributed by atoms with Crippen LogP contribution in [-0.4, -0.2) is 12.0 Å². The van der Waals surface area contributed by atoms with E-state index in [4.69, 9.17) is 0 Å². The molecular weight excluding hydrogens is 213 g/mol. The minimum absolute atomic E-state index is 0.130. The van der Waals surface area contributed by atoms with Crippen molar-refractivity contribution in [3.63, 3.8) is 0 Å². The van der Waals surface area contributed by atoms with Crippen LogP contribution in [0.4, 0.5) is 13.2 Å². The summed E-state index contributed by atoms with van der Waals surface area (Å²) in [6.07, 6.45) is -2.65. The van der Waals surface area contributed by atoms with Gasteiger partial charge in [0, 0.05) is 4.90 Å². The lowest BCUT2D eigenvalue weighted by atomic mass is 10.2. The number of hydrogen-bond acceptors (Lipinski definition) is 2. The van der Waals surface area contributed by atoms with Gasteiger partial charge in [-0.25, -0.2) is 0 Å². The summed E-state index contributed by atoms with van der Waals surface area (Å²) in [6, 6.07) is 4.66. The first kappa shape index (κ1) is 11.1. The summed E-state index contributed by atoms with van der Waals surface area (Å²) in [4.78, 5) is 10.5. The molecule has 0 fully saturated rings. The van der Waals surface area contributed by atoms with Crippen LogP contribution in [0.1, 0.15) is 5.56 Å². The smallest absolute Gasteiger partial charge is 0.290 e. The van der Waals surface area contributed by atoms with E-state index >= 15 is 0 Å². The van der Waals surface area contributed by atoms with E-state index in [0.717, 1.165) is 23.9 Å². The third-order valence-corrected chi connectivity index (χ3v) is 2.35. The molecule has 0 saturated heterocycles. The van der Waals surface area contributed by atoms with E-state index in [0.29, 0.717) is 4.90 Å². The Morgan fingerprint density at radius 2 is 1.79 bits per heavy atom. The monoisotopic (exact) mass is 219 g/mol. The molecule has 1 radical (unpaired) electrons. The molecule has 1 rings (SSSR count). The van der Waals surface area contributed by atoms with E-state index < -0.39 is 11.7 Å². The van der Waals surface area contributed by atoms with E-state index in [9.17, 15) is 18.0 Å². The third-order valence-electron chi connectivity index (χ3n) is 1.48. The summed E-state index contributed by atoms with van der Waals surface area (Å²) in [7, 11) is 0. The first-order valence-corrected chi connectivity index (χ1v) is 4.67. The normalized spacial score (nSPS) is 11.4. The molecule has 0 aliphatic rings. The van der Waals surface area contributed by atoms with Gasteiger partial charge in [0.2, 0.25) is 6.29 Å². The molecule has 0 bridgehead atoms. The molecule has 75 valence electrons. The van der Waals surface area contributed by atoms with Gasteiger partial charge in [-0.3, -0.25) is 4.79 Å². The lowest BCUT2D eigenvalue weighted by molar-refractivity contribution is -0.137. The fourth-order valence-electron chi connectivity index (χ4n) is 0.853. The second-order valence-electron chi connectivity index (χ2n) is 2.46. The van der Waals surface area contributed by atoms with Crippen LogP contribution < -0.4 is 0 Å². The predicted molar refractivity (Wildman–Crippen MR) is 47.9 cm³/mol. The summed E-state index contributed by atoms with van der Waals surface area (Å²) >= 11 is 1.15. The summed E-state index contributed by atoms with van der Waals surface area (Å²) in [5.41, 5.74) is -0.683. The molecule has 0 atom stereocenters. The zero-order chi connectivity index (χ0) is 10.6. The van der Waals surface area contributed by atoms with Crippen molar-refractivity contribution in [3.05, 3.63) is 29.8 Å². The molecule has 0 spiro atoms. The van der Waals surface area contributed by atoms with Crippen molar-refractivity contribution in [3.8, 4) is 0 Å². The average Bonchev–Trinajstić information content (AvgIpc) is 2.14. The van der Waals surface area contributed by atoms with E-state index in [1.165, 1.54) is 12.1 Å². The minimum Gasteiger partial charge on any atom is -0.290 e. The Hall–Kier alpha value is -0.970. The van der Waals surface area contributed by atoms with Crippen molar-refractivity contribution in [1.29, 1.82) is 0 Å². The van der Waals surface area contributed by atoms with Crippen LogP contribution in [0.2, 0.25) is 0 Å². The lowest BCUT2D eigenvalue weighted by Crippen LogP contribution is -2.03. The maximum Gasteiger partial charge on any atom is 0.416 e. The largest absolute Gasteiger partial charge is 0.416 e. The average molecular weight is 219 g/mol. The summed E-state index contributed by atoms with van der Waals surface area (Å²) in [5.74, 6) is 0.130. The Kier molecular flexibility index (Phi) is 3.57. The zero-order valence-corrected chi connectivity index (χ0v) is 7.78. The van der Waals surface area contributed by atoms with Gasteiger partial charge >= 0.3 is 6.18 Å². The molecule has 1 aromatic carbocycles. The fraction of sp³-hybridized carbons (Fsp3) is 0.222. The Bertz CT molecular complexity index is 305. The molecule has 1 aromatic rings. The van der Waals surface area contributed by atoms with Gasteiger partial charge in [-0.05, 0) is 24.3 Å². The molecule has 0 unspecified atom stereocenters. The molecule has 5 heteroatoms. The van der Waals surface area contributed by atoms with Gasteiger partial charge < -0.3 is 0 Å². The van der Waals surface area contributed by atoms with Gasteiger partial charge in [-0.1, -0.05) is 0 Å². The maximum atomic E-state index is 12.1. The second-order valence-corrected chi connectivity index (χ2v) is 3.50. The molecule has 0 saturated carbocycles. The van der Waals surface area contributed by atoms with E-state index in [1.807, 2.05) is 0 Å². The molecule has 0 amide bonds. The van der Waals surface area contributed by atoms with Crippen LogP contribution in [0.25, 0.3) is 0 Å². The highest BCUT2D eigenvalue weighted by atomic mass is 32.2. The number of hydrogen-bond donors (Lipinski definition) is 0. The standard InChI is InChI=1S/C9H6F3OS/c10-9(11,12)7-1-3-8(4-2-7)14-6-5-13/h1-4H,6H2. The van der Waals surface area contributed by atoms with Gasteiger partial charge in [-0.15, -0.1) is 11.8 Å². The Labute approximate surface area is 83.3 Å². The highest BCUT2D eigenvalue weighted by Crippen LogP contribution is 2.30. The van der Waals surface area contributed by atoms with Crippen LogP contribution >= 0.6 is 11.8 Å². The topological polar surface area (TPSA) is 17.1 Å². The Morgan fingerprint density at radius 1 is 1.21 bits per heavy atom. The number of benzene rings is 1. The maximum absolute atomic E-state index is 12.1. The Balaban J connectivity index is 2.73. The molecule has 14 heavy (non-hydrogen) atoms. The molecule has 0 N–H and O–H groups in total. The summed E-state index contributed by atoms with van der Waals surface area (Å²) in [6.45, 7) is 0. The quantitative estimate of drug-likeness (QED) is 0.727. The number of carbonyl (C=O) groups excluding carboxylic acids is 1. The van der Waals surface area contributed by atoms with Gasteiger partial charge in [0.05, 0.1) is 11.3 Å². The van der Waals surface area contributed by atoms with Crippen molar-refractivity contribution in [2.24, 2.45) is 0 Å². The lowest BCUT2D eigenvalue weighted by Gasteiger charge is -2.06. The van der Waals surface area contributed by atoms with Crippen molar-refractivity contribution >= 4 is 18.0 Å². The van der Waals surface area contributed by atoms with Gasteiger partial charge in [0.15, 0.2) is 0 Å². The van der Waals surface area contributed by atoms with Crippen LogP contribution in [0.5, 0.6) is 0 Å². The van der Waals surface area contributed by atoms with Crippen molar-refractivity contribution in [2.45, 2.75) is 11.1 Å². The SMILES string of the molecule is O=[C]CSc1ccc(C(F)(F)F)cc1. The predicted octanol–water partition coefficient (Wildman–Crippen LogP) is 2.91. The molecule has 0 heterocycles. The van der Waals surface area contributed by atoms with E-state index in [2.05, 4.69) is 0 Å². The number of thioether (sulfide) groups is 1. The highest BCUT2D eigenvalue weighted by molar-refractivity contribution is 7.99. The van der Waals surface area contributed by atoms with Crippen LogP contribution in [-0.2, 0) is 11.0 Å². The number of alkyl halides is 3. The van der Waals surface area contributed by atoms with Gasteiger partial charge in [-0.2, -0.15) is 13.2 Å². The first-order chi connectivity index (χ1) is 6.54. The first-order valence-electron chi connectivity index (χ1n) is 3.69. The second kappa shape index (κ2) is 4.50. The van der Waals surface area contributed by atoms with Crippen LogP contribution in [0.15, 0.2) is 29.2 Å². The number of halogens is 3. The molecular formula is C9H6F3OS. The van der Waals surface area contributed by atoms with Crippen molar-refractivity contribution < 1.29 is 18.0 Å². The Morgan fingerprint density at radius 3 is 2.21 bits per heavy atom. The summed E-state index contributed by atoms with van der Waals surface area (Å²) < 4.78 is 36.3. The molecule has 1 nitrogen and oxygen atoms in total. The number of rotatable bonds is 3. The highest BCUT2D eigenvalue weighted by Gasteiger charge is 2.29. The fourth-order valence-corrected chi connectivity index (χ4v) is 1.41. The summed E-state index contributed by atoms with van der Waals surface area (Å²) in [5, 5.41) is 0. The van der Waals surface area contributed by atoms with Crippen molar-refractivity contribution in [2.75, 3.05) is 5.75 Å². The van der Waals surface area contributed by atoms with E-state index in [1.54, 1.807) is 6.29 Å². The molecule has 0 aromatic heterocycles. The van der Waals surface area contributed by atoms with Crippen molar-refractivity contribution in [1.82, 2.24) is 0 Å². The van der Waals surface area contributed by atoms with Crippen LogP contribution in [0.3, 0.4) is 0 Å². The van der Waals surface area contributed by atoms with E-state index in [-0.39, 0.29) is 5.75 Å². The van der Waals surface area contributed by atoms with Crippen LogP contribution in [0, 0.1) is 0 Å². The zero-order valence-electron chi connectivity index (χ0n) is 6.97. The minimum atomic E-state index is -4.31. The molecule has 0 aliphatic heterocycles. The van der Waals surface area contributed by atoms with Gasteiger partial charge in [0.1, 0.15) is 0 Å². The molecule has 0 aliphatic carbocycles. The third kappa shape index (κ3) is 3.06. The van der Waals surface area contributed by atoms with Gasteiger partial charge in [0.25, 0.3) is 0 Å².